The summed E-state index contributed by atoms with van der Waals surface area (Å²) in [6.45, 7) is 0. The normalized spacial score (nSPS) is 10.7. The average molecular weight is 368 g/mol. The maximum Gasteiger partial charge on any atom is 0.126 e. The number of benzene rings is 4. The second-order valence-electron chi connectivity index (χ2n) is 6.22. The highest BCUT2D eigenvalue weighted by atomic mass is 31.1. The van der Waals surface area contributed by atoms with E-state index >= 15 is 0 Å². The van der Waals surface area contributed by atoms with Crippen molar-refractivity contribution in [3.05, 3.63) is 109 Å². The highest BCUT2D eigenvalue weighted by Crippen LogP contribution is 2.39. The molecule has 2 heteroatoms. The Kier molecular flexibility index (Phi) is 5.32. The molecule has 0 fully saturated rings. The van der Waals surface area contributed by atoms with E-state index in [4.69, 9.17) is 4.74 Å². The molecule has 0 aliphatic carbocycles. The SMILES string of the molecule is COc1ccccc1-c1ccccc1P(c1ccccc1)c1ccccc1. The minimum atomic E-state index is -0.663. The summed E-state index contributed by atoms with van der Waals surface area (Å²) in [5.41, 5.74) is 2.36. The summed E-state index contributed by atoms with van der Waals surface area (Å²) in [6, 6.07) is 38.5. The molecule has 4 rings (SSSR count). The molecule has 0 spiro atoms. The van der Waals surface area contributed by atoms with E-state index < -0.39 is 7.92 Å². The average Bonchev–Trinajstić information content (AvgIpc) is 2.76. The molecule has 0 heterocycles. The van der Waals surface area contributed by atoms with Crippen LogP contribution < -0.4 is 20.7 Å². The molecule has 0 aromatic heterocycles. The maximum absolute atomic E-state index is 5.65. The van der Waals surface area contributed by atoms with Crippen LogP contribution in [-0.2, 0) is 0 Å². The Bertz CT molecular complexity index is 973. The van der Waals surface area contributed by atoms with E-state index in [0.29, 0.717) is 0 Å². The molecule has 0 radical (unpaired) electrons. The highest BCUT2D eigenvalue weighted by molar-refractivity contribution is 7.80. The van der Waals surface area contributed by atoms with Gasteiger partial charge in [0.05, 0.1) is 7.11 Å². The van der Waals surface area contributed by atoms with Crippen LogP contribution in [-0.4, -0.2) is 7.11 Å². The number of hydrogen-bond acceptors (Lipinski definition) is 1. The fraction of sp³-hybridized carbons (Fsp3) is 0.0400. The lowest BCUT2D eigenvalue weighted by atomic mass is 10.0. The fourth-order valence-corrected chi connectivity index (χ4v) is 5.81. The number of ether oxygens (including phenoxy) is 1. The van der Waals surface area contributed by atoms with Crippen LogP contribution in [0.3, 0.4) is 0 Å². The van der Waals surface area contributed by atoms with Crippen molar-refractivity contribution in [2.24, 2.45) is 0 Å². The smallest absolute Gasteiger partial charge is 0.126 e. The molecule has 0 aliphatic heterocycles. The molecule has 132 valence electrons. The molecular formula is C25H21OP. The van der Waals surface area contributed by atoms with Gasteiger partial charge in [-0.3, -0.25) is 0 Å². The molecule has 4 aromatic rings. The molecule has 0 unspecified atom stereocenters. The van der Waals surface area contributed by atoms with E-state index in [1.807, 2.05) is 12.1 Å². The fourth-order valence-electron chi connectivity index (χ4n) is 3.34. The zero-order valence-corrected chi connectivity index (χ0v) is 16.1. The number of methoxy groups -OCH3 is 1. The predicted molar refractivity (Wildman–Crippen MR) is 117 cm³/mol. The van der Waals surface area contributed by atoms with Gasteiger partial charge < -0.3 is 4.74 Å². The van der Waals surface area contributed by atoms with Crippen molar-refractivity contribution in [1.82, 2.24) is 0 Å². The molecule has 0 saturated carbocycles. The summed E-state index contributed by atoms with van der Waals surface area (Å²) < 4.78 is 5.65. The van der Waals surface area contributed by atoms with Gasteiger partial charge >= 0.3 is 0 Å². The van der Waals surface area contributed by atoms with Crippen LogP contribution in [0.2, 0.25) is 0 Å². The van der Waals surface area contributed by atoms with E-state index in [2.05, 4.69) is 97.1 Å². The van der Waals surface area contributed by atoms with Crippen LogP contribution in [0.15, 0.2) is 109 Å². The van der Waals surface area contributed by atoms with Gasteiger partial charge in [0.15, 0.2) is 0 Å². The van der Waals surface area contributed by atoms with Crippen molar-refractivity contribution in [3.63, 3.8) is 0 Å². The molecule has 0 aliphatic rings. The van der Waals surface area contributed by atoms with Crippen LogP contribution in [0.25, 0.3) is 11.1 Å². The Labute approximate surface area is 162 Å². The lowest BCUT2D eigenvalue weighted by Gasteiger charge is -2.23. The quantitative estimate of drug-likeness (QED) is 0.444. The van der Waals surface area contributed by atoms with Gasteiger partial charge in [0.2, 0.25) is 0 Å². The van der Waals surface area contributed by atoms with Crippen LogP contribution in [0.5, 0.6) is 5.75 Å². The molecule has 4 aromatic carbocycles. The summed E-state index contributed by atoms with van der Waals surface area (Å²) >= 11 is 0. The Balaban J connectivity index is 1.95. The largest absolute Gasteiger partial charge is 0.496 e. The van der Waals surface area contributed by atoms with E-state index in [1.54, 1.807) is 7.11 Å². The first-order chi connectivity index (χ1) is 13.4. The molecule has 0 bridgehead atoms. The Morgan fingerprint density at radius 2 is 1.00 bits per heavy atom. The van der Waals surface area contributed by atoms with Crippen molar-refractivity contribution >= 4 is 23.8 Å². The van der Waals surface area contributed by atoms with Crippen LogP contribution >= 0.6 is 7.92 Å². The van der Waals surface area contributed by atoms with Crippen molar-refractivity contribution in [2.45, 2.75) is 0 Å². The number of hydrogen-bond donors (Lipinski definition) is 0. The molecular weight excluding hydrogens is 347 g/mol. The second kappa shape index (κ2) is 8.20. The monoisotopic (exact) mass is 368 g/mol. The number of rotatable bonds is 5. The molecule has 0 amide bonds. The molecule has 27 heavy (non-hydrogen) atoms. The first kappa shape index (κ1) is 17.5. The van der Waals surface area contributed by atoms with Gasteiger partial charge in [0.25, 0.3) is 0 Å². The van der Waals surface area contributed by atoms with Crippen molar-refractivity contribution in [2.75, 3.05) is 7.11 Å². The van der Waals surface area contributed by atoms with Crippen LogP contribution in [0.4, 0.5) is 0 Å². The lowest BCUT2D eigenvalue weighted by Crippen LogP contribution is -2.22. The zero-order valence-electron chi connectivity index (χ0n) is 15.2. The minimum absolute atomic E-state index is 0.663. The van der Waals surface area contributed by atoms with Gasteiger partial charge in [-0.2, -0.15) is 0 Å². The first-order valence-corrected chi connectivity index (χ1v) is 10.4. The van der Waals surface area contributed by atoms with Crippen molar-refractivity contribution in [1.29, 1.82) is 0 Å². The predicted octanol–water partition coefficient (Wildman–Crippen LogP) is 5.12. The minimum Gasteiger partial charge on any atom is -0.496 e. The topological polar surface area (TPSA) is 9.23 Å². The standard InChI is InChI=1S/C25H21OP/c1-26-24-18-10-8-16-22(24)23-17-9-11-19-25(23)27(20-12-4-2-5-13-20)21-14-6-3-7-15-21/h2-19H,1H3. The van der Waals surface area contributed by atoms with E-state index in [9.17, 15) is 0 Å². The zero-order chi connectivity index (χ0) is 18.5. The van der Waals surface area contributed by atoms with Crippen molar-refractivity contribution < 1.29 is 4.74 Å². The maximum atomic E-state index is 5.65. The Hall–Kier alpha value is -2.89. The third-order valence-corrected chi connectivity index (χ3v) is 7.07. The summed E-state index contributed by atoms with van der Waals surface area (Å²) in [6.07, 6.45) is 0. The summed E-state index contributed by atoms with van der Waals surface area (Å²) in [5, 5.41) is 4.04. The van der Waals surface area contributed by atoms with Gasteiger partial charge in [0.1, 0.15) is 5.75 Å². The van der Waals surface area contributed by atoms with Crippen molar-refractivity contribution in [3.8, 4) is 16.9 Å². The Morgan fingerprint density at radius 1 is 0.519 bits per heavy atom. The van der Waals surface area contributed by atoms with E-state index in [1.165, 1.54) is 21.5 Å². The summed E-state index contributed by atoms with van der Waals surface area (Å²) in [5.74, 6) is 0.904. The van der Waals surface area contributed by atoms with E-state index in [-0.39, 0.29) is 0 Å². The Morgan fingerprint density at radius 3 is 1.59 bits per heavy atom. The van der Waals surface area contributed by atoms with Gasteiger partial charge in [-0.05, 0) is 35.5 Å². The summed E-state index contributed by atoms with van der Waals surface area (Å²) in [7, 11) is 1.07. The van der Waals surface area contributed by atoms with Gasteiger partial charge in [-0.25, -0.2) is 0 Å². The van der Waals surface area contributed by atoms with Crippen LogP contribution in [0, 0.1) is 0 Å². The molecule has 0 atom stereocenters. The molecule has 1 nitrogen and oxygen atoms in total. The first-order valence-electron chi connectivity index (χ1n) is 9.01. The van der Waals surface area contributed by atoms with Gasteiger partial charge in [0, 0.05) is 5.56 Å². The van der Waals surface area contributed by atoms with Gasteiger partial charge in [-0.1, -0.05) is 103 Å². The van der Waals surface area contributed by atoms with E-state index in [0.717, 1.165) is 11.3 Å². The third-order valence-electron chi connectivity index (χ3n) is 4.57. The molecule has 0 saturated heterocycles. The molecule has 0 N–H and O–H groups in total. The lowest BCUT2D eigenvalue weighted by molar-refractivity contribution is 0.416. The van der Waals surface area contributed by atoms with Gasteiger partial charge in [-0.15, -0.1) is 0 Å². The third kappa shape index (κ3) is 3.65. The highest BCUT2D eigenvalue weighted by Gasteiger charge is 2.20. The second-order valence-corrected chi connectivity index (χ2v) is 8.41. The van der Waals surface area contributed by atoms with Crippen LogP contribution in [0.1, 0.15) is 0 Å². The number of para-hydroxylation sites is 1. The summed E-state index contributed by atoms with van der Waals surface area (Å²) in [4.78, 5) is 0.